The molecule has 0 unspecified atom stereocenters. The van der Waals surface area contributed by atoms with Crippen LogP contribution >= 0.6 is 11.3 Å². The van der Waals surface area contributed by atoms with Gasteiger partial charge >= 0.3 is 5.97 Å². The number of thiophene rings is 1. The largest absolute Gasteiger partial charge is 0.479 e. The van der Waals surface area contributed by atoms with E-state index in [2.05, 4.69) is 5.32 Å². The van der Waals surface area contributed by atoms with Crippen molar-refractivity contribution in [2.24, 2.45) is 0 Å². The summed E-state index contributed by atoms with van der Waals surface area (Å²) in [6.45, 7) is 1.12. The summed E-state index contributed by atoms with van der Waals surface area (Å²) in [6.07, 6.45) is -0.851. The number of carbonyl (C=O) groups is 2. The smallest absolute Gasteiger partial charge is 0.347 e. The molecule has 29 heavy (non-hydrogen) atoms. The van der Waals surface area contributed by atoms with Crippen molar-refractivity contribution in [3.63, 3.8) is 0 Å². The van der Waals surface area contributed by atoms with Gasteiger partial charge in [0.1, 0.15) is 11.6 Å². The molecule has 1 N–H and O–H groups in total. The number of hydrogen-bond acceptors (Lipinski definition) is 5. The predicted octanol–water partition coefficient (Wildman–Crippen LogP) is 4.10. The van der Waals surface area contributed by atoms with Gasteiger partial charge in [0.15, 0.2) is 12.7 Å². The predicted molar refractivity (Wildman–Crippen MR) is 108 cm³/mol. The van der Waals surface area contributed by atoms with E-state index in [-0.39, 0.29) is 5.82 Å². The number of carbonyl (C=O) groups excluding carboxylic acids is 2. The highest BCUT2D eigenvalue weighted by Gasteiger charge is 2.21. The summed E-state index contributed by atoms with van der Waals surface area (Å²) in [4.78, 5) is 25.4. The molecule has 0 saturated heterocycles. The Morgan fingerprint density at radius 2 is 1.76 bits per heavy atom. The van der Waals surface area contributed by atoms with E-state index >= 15 is 0 Å². The molecule has 3 aromatic rings. The molecule has 1 amide bonds. The molecule has 0 radical (unpaired) electrons. The molecular weight excluding hydrogens is 393 g/mol. The van der Waals surface area contributed by atoms with Crippen molar-refractivity contribution in [2.75, 3.05) is 6.61 Å². The summed E-state index contributed by atoms with van der Waals surface area (Å²) < 4.78 is 23.8. The highest BCUT2D eigenvalue weighted by atomic mass is 32.1. The van der Waals surface area contributed by atoms with E-state index < -0.39 is 30.6 Å². The molecule has 2 atom stereocenters. The molecule has 1 aromatic heterocycles. The van der Waals surface area contributed by atoms with Gasteiger partial charge in [-0.05, 0) is 48.2 Å². The molecule has 0 fully saturated rings. The zero-order valence-electron chi connectivity index (χ0n) is 15.7. The lowest BCUT2D eigenvalue weighted by Gasteiger charge is -2.19. The zero-order valence-corrected chi connectivity index (χ0v) is 16.5. The number of para-hydroxylation sites is 1. The molecule has 7 heteroatoms. The van der Waals surface area contributed by atoms with Crippen molar-refractivity contribution >= 4 is 23.2 Å². The molecule has 2 aromatic carbocycles. The summed E-state index contributed by atoms with van der Waals surface area (Å²) in [6, 6.07) is 18.1. The van der Waals surface area contributed by atoms with Crippen molar-refractivity contribution < 1.29 is 23.5 Å². The van der Waals surface area contributed by atoms with Gasteiger partial charge in [-0.3, -0.25) is 4.79 Å². The lowest BCUT2D eigenvalue weighted by Crippen LogP contribution is -2.35. The van der Waals surface area contributed by atoms with E-state index in [4.69, 9.17) is 9.47 Å². The molecule has 5 nitrogen and oxygen atoms in total. The van der Waals surface area contributed by atoms with Gasteiger partial charge in [-0.25, -0.2) is 9.18 Å². The Labute approximate surface area is 172 Å². The van der Waals surface area contributed by atoms with Crippen LogP contribution in [0.3, 0.4) is 0 Å². The van der Waals surface area contributed by atoms with E-state index in [0.717, 1.165) is 10.4 Å². The Balaban J connectivity index is 1.57. The average Bonchev–Trinajstić information content (AvgIpc) is 3.26. The van der Waals surface area contributed by atoms with Gasteiger partial charge in [-0.1, -0.05) is 36.4 Å². The quantitative estimate of drug-likeness (QED) is 0.565. The summed E-state index contributed by atoms with van der Waals surface area (Å²) in [5.41, 5.74) is 0.731. The van der Waals surface area contributed by atoms with E-state index in [1.165, 1.54) is 23.5 Å². The maximum atomic E-state index is 13.2. The second-order valence-corrected chi connectivity index (χ2v) is 7.23. The molecule has 0 aliphatic carbocycles. The van der Waals surface area contributed by atoms with Gasteiger partial charge in [0.05, 0.1) is 6.04 Å². The van der Waals surface area contributed by atoms with Crippen LogP contribution in [0.4, 0.5) is 4.39 Å². The van der Waals surface area contributed by atoms with Crippen molar-refractivity contribution in [2.45, 2.75) is 19.1 Å². The molecule has 0 aliphatic rings. The molecule has 0 saturated carbocycles. The van der Waals surface area contributed by atoms with Crippen LogP contribution in [-0.4, -0.2) is 24.6 Å². The number of halogens is 1. The van der Waals surface area contributed by atoms with Crippen molar-refractivity contribution in [3.05, 3.63) is 88.4 Å². The van der Waals surface area contributed by atoms with Crippen molar-refractivity contribution in [1.82, 2.24) is 5.32 Å². The van der Waals surface area contributed by atoms with Gasteiger partial charge < -0.3 is 14.8 Å². The Kier molecular flexibility index (Phi) is 6.97. The third-order valence-electron chi connectivity index (χ3n) is 4.07. The van der Waals surface area contributed by atoms with Crippen LogP contribution in [0.15, 0.2) is 72.1 Å². The van der Waals surface area contributed by atoms with Crippen LogP contribution in [0.5, 0.6) is 5.75 Å². The molecule has 3 rings (SSSR count). The average molecular weight is 413 g/mol. The zero-order chi connectivity index (χ0) is 20.6. The fourth-order valence-electron chi connectivity index (χ4n) is 2.64. The maximum absolute atomic E-state index is 13.2. The molecule has 1 heterocycles. The van der Waals surface area contributed by atoms with Crippen LogP contribution in [0.25, 0.3) is 0 Å². The molecular formula is C22H20FNO4S. The number of benzene rings is 2. The van der Waals surface area contributed by atoms with Gasteiger partial charge in [0, 0.05) is 4.88 Å². The number of nitrogens with one attached hydrogen (secondary N) is 1. The monoisotopic (exact) mass is 413 g/mol. The van der Waals surface area contributed by atoms with E-state index in [9.17, 15) is 14.0 Å². The third kappa shape index (κ3) is 5.89. The normalized spacial score (nSPS) is 12.6. The number of ether oxygens (including phenoxy) is 2. The van der Waals surface area contributed by atoms with Gasteiger partial charge in [0.2, 0.25) is 0 Å². The minimum absolute atomic E-state index is 0.355. The minimum Gasteiger partial charge on any atom is -0.479 e. The Hall–Kier alpha value is -3.19. The summed E-state index contributed by atoms with van der Waals surface area (Å²) in [5, 5.41) is 4.72. The standard InChI is InChI=1S/C22H20FNO4S/c1-15(28-18-6-3-2-4-7-18)22(26)27-14-20(25)24-21(19-8-5-13-29-19)16-9-11-17(23)12-10-16/h2-13,15,21H,14H2,1H3,(H,24,25)/t15-,21-/m0/s1. The Morgan fingerprint density at radius 3 is 2.41 bits per heavy atom. The van der Waals surface area contributed by atoms with Gasteiger partial charge in [-0.15, -0.1) is 11.3 Å². The Morgan fingerprint density at radius 1 is 1.03 bits per heavy atom. The lowest BCUT2D eigenvalue weighted by molar-refractivity contribution is -0.154. The molecule has 0 aliphatic heterocycles. The van der Waals surface area contributed by atoms with Crippen LogP contribution in [0.1, 0.15) is 23.4 Å². The second kappa shape index (κ2) is 9.84. The minimum atomic E-state index is -0.851. The molecule has 0 spiro atoms. The Bertz CT molecular complexity index is 929. The first-order chi connectivity index (χ1) is 14.0. The first-order valence-electron chi connectivity index (χ1n) is 8.99. The van der Waals surface area contributed by atoms with E-state index in [1.807, 2.05) is 23.6 Å². The van der Waals surface area contributed by atoms with Gasteiger partial charge in [-0.2, -0.15) is 0 Å². The van der Waals surface area contributed by atoms with E-state index in [0.29, 0.717) is 5.75 Å². The number of rotatable bonds is 8. The summed E-state index contributed by atoms with van der Waals surface area (Å²) in [7, 11) is 0. The topological polar surface area (TPSA) is 64.6 Å². The fraction of sp³-hybridized carbons (Fsp3) is 0.182. The van der Waals surface area contributed by atoms with Crippen LogP contribution < -0.4 is 10.1 Å². The fourth-order valence-corrected chi connectivity index (χ4v) is 3.44. The lowest BCUT2D eigenvalue weighted by atomic mass is 10.1. The van der Waals surface area contributed by atoms with E-state index in [1.54, 1.807) is 43.3 Å². The number of amides is 1. The first-order valence-corrected chi connectivity index (χ1v) is 9.87. The van der Waals surface area contributed by atoms with Crippen LogP contribution in [0.2, 0.25) is 0 Å². The van der Waals surface area contributed by atoms with Gasteiger partial charge in [0.25, 0.3) is 5.91 Å². The molecule has 150 valence electrons. The summed E-state index contributed by atoms with van der Waals surface area (Å²) >= 11 is 1.47. The highest BCUT2D eigenvalue weighted by molar-refractivity contribution is 7.10. The highest BCUT2D eigenvalue weighted by Crippen LogP contribution is 2.26. The first kappa shape index (κ1) is 20.5. The number of hydrogen-bond donors (Lipinski definition) is 1. The van der Waals surface area contributed by atoms with Crippen molar-refractivity contribution in [1.29, 1.82) is 0 Å². The van der Waals surface area contributed by atoms with Crippen LogP contribution in [-0.2, 0) is 14.3 Å². The number of esters is 1. The van der Waals surface area contributed by atoms with Crippen LogP contribution in [0, 0.1) is 5.82 Å². The summed E-state index contributed by atoms with van der Waals surface area (Å²) in [5.74, 6) is -0.923. The molecule has 0 bridgehead atoms. The SMILES string of the molecule is C[C@H](Oc1ccccc1)C(=O)OCC(=O)N[C@@H](c1ccc(F)cc1)c1cccs1. The second-order valence-electron chi connectivity index (χ2n) is 6.25. The third-order valence-corrected chi connectivity index (χ3v) is 5.01. The maximum Gasteiger partial charge on any atom is 0.347 e. The van der Waals surface area contributed by atoms with Crippen molar-refractivity contribution in [3.8, 4) is 5.75 Å².